The van der Waals surface area contributed by atoms with E-state index in [1.807, 2.05) is 19.9 Å². The lowest BCUT2D eigenvalue weighted by atomic mass is 9.99. The molecule has 126 valence electrons. The molecule has 1 aromatic carbocycles. The van der Waals surface area contributed by atoms with Gasteiger partial charge in [-0.15, -0.1) is 0 Å². The molecular weight excluding hydrogens is 298 g/mol. The molecule has 0 bridgehead atoms. The maximum Gasteiger partial charge on any atom is 0.338 e. The smallest absolute Gasteiger partial charge is 0.338 e. The van der Waals surface area contributed by atoms with Crippen LogP contribution in [0, 0.1) is 12.8 Å². The molecule has 0 aromatic heterocycles. The minimum absolute atomic E-state index is 0.0848. The molecule has 23 heavy (non-hydrogen) atoms. The van der Waals surface area contributed by atoms with Crippen molar-refractivity contribution in [1.29, 1.82) is 0 Å². The first-order valence-electron chi connectivity index (χ1n) is 7.50. The summed E-state index contributed by atoms with van der Waals surface area (Å²) in [4.78, 5) is 35.6. The van der Waals surface area contributed by atoms with Crippen molar-refractivity contribution in [2.75, 3.05) is 13.7 Å². The summed E-state index contributed by atoms with van der Waals surface area (Å²) < 4.78 is 9.68. The van der Waals surface area contributed by atoms with E-state index < -0.39 is 30.5 Å². The minimum Gasteiger partial charge on any atom is -0.467 e. The number of carbonyl (C=O) groups excluding carboxylic acids is 3. The van der Waals surface area contributed by atoms with E-state index in [9.17, 15) is 14.4 Å². The van der Waals surface area contributed by atoms with Gasteiger partial charge in [0.2, 0.25) is 0 Å². The van der Waals surface area contributed by atoms with E-state index in [1.165, 1.54) is 7.11 Å². The summed E-state index contributed by atoms with van der Waals surface area (Å²) in [6.07, 6.45) is 0.697. The number of rotatable bonds is 7. The predicted molar refractivity (Wildman–Crippen MR) is 84.9 cm³/mol. The molecule has 0 heterocycles. The van der Waals surface area contributed by atoms with E-state index in [0.717, 1.165) is 5.56 Å². The van der Waals surface area contributed by atoms with E-state index in [2.05, 4.69) is 10.1 Å². The lowest BCUT2D eigenvalue weighted by Gasteiger charge is -2.21. The van der Waals surface area contributed by atoms with Gasteiger partial charge in [0.15, 0.2) is 6.61 Å². The number of amides is 1. The Morgan fingerprint density at radius 1 is 1.22 bits per heavy atom. The third-order valence-electron chi connectivity index (χ3n) is 3.68. The number of benzene rings is 1. The SMILES string of the molecule is CC[C@H](C)[C@H](NC(=O)COC(=O)c1ccccc1C)C(=O)OC. The van der Waals surface area contributed by atoms with Crippen LogP contribution >= 0.6 is 0 Å². The third kappa shape index (κ3) is 5.39. The van der Waals surface area contributed by atoms with Gasteiger partial charge in [-0.3, -0.25) is 4.79 Å². The Morgan fingerprint density at radius 2 is 1.87 bits per heavy atom. The monoisotopic (exact) mass is 321 g/mol. The second-order valence-corrected chi connectivity index (χ2v) is 5.34. The Balaban J connectivity index is 2.60. The average molecular weight is 321 g/mol. The standard InChI is InChI=1S/C17H23NO5/c1-5-11(2)15(17(21)22-4)18-14(19)10-23-16(20)13-9-7-6-8-12(13)3/h6-9,11,15H,5,10H2,1-4H3,(H,18,19)/t11-,15-/m0/s1. The summed E-state index contributed by atoms with van der Waals surface area (Å²) in [5, 5.41) is 2.55. The molecule has 0 aliphatic heterocycles. The van der Waals surface area contributed by atoms with Gasteiger partial charge in [0.25, 0.3) is 5.91 Å². The number of esters is 2. The third-order valence-corrected chi connectivity index (χ3v) is 3.68. The van der Waals surface area contributed by atoms with Crippen molar-refractivity contribution in [3.8, 4) is 0 Å². The van der Waals surface area contributed by atoms with Gasteiger partial charge in [0.1, 0.15) is 6.04 Å². The van der Waals surface area contributed by atoms with E-state index in [-0.39, 0.29) is 5.92 Å². The van der Waals surface area contributed by atoms with Crippen LogP contribution < -0.4 is 5.32 Å². The summed E-state index contributed by atoms with van der Waals surface area (Å²) >= 11 is 0. The topological polar surface area (TPSA) is 81.7 Å². The van der Waals surface area contributed by atoms with E-state index in [1.54, 1.807) is 25.1 Å². The predicted octanol–water partition coefficient (Wildman–Crippen LogP) is 1.86. The number of hydrogen-bond donors (Lipinski definition) is 1. The second kappa shape index (κ2) is 8.92. The molecule has 6 nitrogen and oxygen atoms in total. The van der Waals surface area contributed by atoms with Gasteiger partial charge in [-0.05, 0) is 24.5 Å². The molecule has 1 amide bonds. The van der Waals surface area contributed by atoms with Gasteiger partial charge >= 0.3 is 11.9 Å². The van der Waals surface area contributed by atoms with Crippen LogP contribution in [0.2, 0.25) is 0 Å². The number of aryl methyl sites for hydroxylation is 1. The Morgan fingerprint density at radius 3 is 2.43 bits per heavy atom. The fraction of sp³-hybridized carbons (Fsp3) is 0.471. The molecule has 0 spiro atoms. The van der Waals surface area contributed by atoms with Crippen LogP contribution in [-0.4, -0.2) is 37.6 Å². The van der Waals surface area contributed by atoms with Crippen molar-refractivity contribution in [1.82, 2.24) is 5.32 Å². The van der Waals surface area contributed by atoms with Crippen molar-refractivity contribution in [3.05, 3.63) is 35.4 Å². The molecule has 0 saturated carbocycles. The summed E-state index contributed by atoms with van der Waals surface area (Å²) in [7, 11) is 1.27. The molecule has 0 fully saturated rings. The van der Waals surface area contributed by atoms with Crippen LogP contribution in [-0.2, 0) is 19.1 Å². The first-order valence-corrected chi connectivity index (χ1v) is 7.50. The highest BCUT2D eigenvalue weighted by molar-refractivity contribution is 5.93. The van der Waals surface area contributed by atoms with E-state index in [0.29, 0.717) is 12.0 Å². The van der Waals surface area contributed by atoms with Gasteiger partial charge in [-0.1, -0.05) is 38.5 Å². The fourth-order valence-electron chi connectivity index (χ4n) is 2.02. The highest BCUT2D eigenvalue weighted by Gasteiger charge is 2.27. The molecule has 0 aliphatic carbocycles. The van der Waals surface area contributed by atoms with Crippen molar-refractivity contribution in [3.63, 3.8) is 0 Å². The maximum absolute atomic E-state index is 11.9. The van der Waals surface area contributed by atoms with Crippen LogP contribution in [0.25, 0.3) is 0 Å². The summed E-state index contributed by atoms with van der Waals surface area (Å²) in [6.45, 7) is 5.08. The number of methoxy groups -OCH3 is 1. The van der Waals surface area contributed by atoms with Crippen LogP contribution in [0.15, 0.2) is 24.3 Å². The normalized spacial score (nSPS) is 12.9. The zero-order valence-electron chi connectivity index (χ0n) is 13.9. The summed E-state index contributed by atoms with van der Waals surface area (Å²) in [6, 6.07) is 6.19. The highest BCUT2D eigenvalue weighted by Crippen LogP contribution is 2.10. The molecule has 0 unspecified atom stereocenters. The molecule has 2 atom stereocenters. The maximum atomic E-state index is 11.9. The first kappa shape index (κ1) is 18.7. The first-order chi connectivity index (χ1) is 10.9. The number of carbonyl (C=O) groups is 3. The van der Waals surface area contributed by atoms with E-state index >= 15 is 0 Å². The zero-order chi connectivity index (χ0) is 17.4. The molecular formula is C17H23NO5. The Labute approximate surface area is 136 Å². The Hall–Kier alpha value is -2.37. The van der Waals surface area contributed by atoms with Gasteiger partial charge in [0.05, 0.1) is 12.7 Å². The zero-order valence-corrected chi connectivity index (χ0v) is 13.9. The van der Waals surface area contributed by atoms with Gasteiger partial charge in [-0.25, -0.2) is 9.59 Å². The lowest BCUT2D eigenvalue weighted by molar-refractivity contribution is -0.147. The summed E-state index contributed by atoms with van der Waals surface area (Å²) in [5.74, 6) is -1.71. The lowest BCUT2D eigenvalue weighted by Crippen LogP contribution is -2.47. The Kier molecular flexibility index (Phi) is 7.25. The molecule has 0 saturated heterocycles. The molecule has 0 aliphatic rings. The van der Waals surface area contributed by atoms with Gasteiger partial charge in [0, 0.05) is 0 Å². The average Bonchev–Trinajstić information content (AvgIpc) is 2.56. The quantitative estimate of drug-likeness (QED) is 0.775. The van der Waals surface area contributed by atoms with Crippen molar-refractivity contribution >= 4 is 17.8 Å². The molecule has 1 aromatic rings. The largest absolute Gasteiger partial charge is 0.467 e. The minimum atomic E-state index is -0.755. The van der Waals surface area contributed by atoms with Crippen molar-refractivity contribution < 1.29 is 23.9 Å². The van der Waals surface area contributed by atoms with Gasteiger partial charge in [-0.2, -0.15) is 0 Å². The second-order valence-electron chi connectivity index (χ2n) is 5.34. The highest BCUT2D eigenvalue weighted by atomic mass is 16.5. The number of nitrogens with one attached hydrogen (secondary N) is 1. The van der Waals surface area contributed by atoms with Crippen molar-refractivity contribution in [2.24, 2.45) is 5.92 Å². The molecule has 1 rings (SSSR count). The number of ether oxygens (including phenoxy) is 2. The fourth-order valence-corrected chi connectivity index (χ4v) is 2.02. The van der Waals surface area contributed by atoms with Crippen LogP contribution in [0.5, 0.6) is 0 Å². The molecule has 6 heteroatoms. The van der Waals surface area contributed by atoms with E-state index in [4.69, 9.17) is 4.74 Å². The summed E-state index contributed by atoms with van der Waals surface area (Å²) in [5.41, 5.74) is 1.18. The van der Waals surface area contributed by atoms with Gasteiger partial charge < -0.3 is 14.8 Å². The van der Waals surface area contributed by atoms with Crippen LogP contribution in [0.1, 0.15) is 36.2 Å². The molecule has 1 N–H and O–H groups in total. The van der Waals surface area contributed by atoms with Crippen LogP contribution in [0.3, 0.4) is 0 Å². The van der Waals surface area contributed by atoms with Crippen LogP contribution in [0.4, 0.5) is 0 Å². The molecule has 0 radical (unpaired) electrons. The van der Waals surface area contributed by atoms with Crippen molar-refractivity contribution in [2.45, 2.75) is 33.2 Å². The Bertz CT molecular complexity index is 570. The number of hydrogen-bond acceptors (Lipinski definition) is 5.